The van der Waals surface area contributed by atoms with Gasteiger partial charge in [-0.15, -0.1) is 0 Å². The minimum absolute atomic E-state index is 0.353. The predicted octanol–water partition coefficient (Wildman–Crippen LogP) is 5.43. The van der Waals surface area contributed by atoms with Crippen molar-refractivity contribution in [2.75, 3.05) is 11.6 Å². The molecule has 0 N–H and O–H groups in total. The Labute approximate surface area is 169 Å². The van der Waals surface area contributed by atoms with E-state index in [4.69, 9.17) is 9.15 Å². The molecule has 2 heterocycles. The topological polar surface area (TPSA) is 42.7 Å². The van der Waals surface area contributed by atoms with Crippen molar-refractivity contribution in [1.82, 2.24) is 0 Å². The Balaban J connectivity index is 1.67. The summed E-state index contributed by atoms with van der Waals surface area (Å²) in [5.74, 6) is 0.771. The molecule has 0 saturated heterocycles. The third-order valence-electron chi connectivity index (χ3n) is 5.49. The molecule has 29 heavy (non-hydrogen) atoms. The van der Waals surface area contributed by atoms with Crippen molar-refractivity contribution in [2.24, 2.45) is 0 Å². The molecule has 0 spiro atoms. The first-order chi connectivity index (χ1) is 14.1. The van der Waals surface area contributed by atoms with Crippen molar-refractivity contribution in [1.29, 1.82) is 0 Å². The summed E-state index contributed by atoms with van der Waals surface area (Å²) in [6, 6.07) is 21.8. The highest BCUT2D eigenvalue weighted by atomic mass is 16.5. The van der Waals surface area contributed by atoms with Crippen molar-refractivity contribution >= 4 is 16.7 Å². The zero-order valence-electron chi connectivity index (χ0n) is 16.4. The number of hydrogen-bond donors (Lipinski definition) is 0. The van der Waals surface area contributed by atoms with Crippen LogP contribution in [-0.4, -0.2) is 6.73 Å². The number of nitrogens with zero attached hydrogens (tertiary/aromatic N) is 1. The van der Waals surface area contributed by atoms with Crippen LogP contribution in [0.25, 0.3) is 22.1 Å². The highest BCUT2D eigenvalue weighted by Crippen LogP contribution is 2.37. The van der Waals surface area contributed by atoms with Gasteiger partial charge in [0.25, 0.3) is 0 Å². The van der Waals surface area contributed by atoms with E-state index in [9.17, 15) is 4.79 Å². The molecule has 4 nitrogen and oxygen atoms in total. The van der Waals surface area contributed by atoms with Crippen LogP contribution in [0.2, 0.25) is 0 Å². The Morgan fingerprint density at radius 3 is 2.59 bits per heavy atom. The molecule has 3 aromatic carbocycles. The molecule has 0 atom stereocenters. The van der Waals surface area contributed by atoms with Gasteiger partial charge in [0.05, 0.1) is 12.1 Å². The monoisotopic (exact) mass is 383 g/mol. The first-order valence-corrected chi connectivity index (χ1v) is 9.70. The number of aryl methyl sites for hydroxylation is 2. The van der Waals surface area contributed by atoms with Crippen LogP contribution in [-0.2, 0) is 6.54 Å². The van der Waals surface area contributed by atoms with E-state index in [2.05, 4.69) is 36.9 Å². The van der Waals surface area contributed by atoms with E-state index < -0.39 is 0 Å². The molecule has 0 aliphatic carbocycles. The van der Waals surface area contributed by atoms with Crippen molar-refractivity contribution in [3.63, 3.8) is 0 Å². The lowest BCUT2D eigenvalue weighted by molar-refractivity contribution is 0.289. The summed E-state index contributed by atoms with van der Waals surface area (Å²) in [7, 11) is 0. The van der Waals surface area contributed by atoms with Crippen LogP contribution in [0.1, 0.15) is 16.7 Å². The second-order valence-corrected chi connectivity index (χ2v) is 7.53. The van der Waals surface area contributed by atoms with Crippen molar-refractivity contribution in [2.45, 2.75) is 20.4 Å². The van der Waals surface area contributed by atoms with Gasteiger partial charge in [0.2, 0.25) is 0 Å². The van der Waals surface area contributed by atoms with Gasteiger partial charge in [-0.05, 0) is 54.3 Å². The van der Waals surface area contributed by atoms with E-state index in [0.29, 0.717) is 18.9 Å². The molecule has 0 radical (unpaired) electrons. The fourth-order valence-corrected chi connectivity index (χ4v) is 4.00. The van der Waals surface area contributed by atoms with Gasteiger partial charge >= 0.3 is 5.63 Å². The summed E-state index contributed by atoms with van der Waals surface area (Å²) in [5.41, 5.74) is 6.55. The summed E-state index contributed by atoms with van der Waals surface area (Å²) < 4.78 is 11.7. The molecule has 144 valence electrons. The molecule has 0 fully saturated rings. The second-order valence-electron chi connectivity index (χ2n) is 7.53. The maximum absolute atomic E-state index is 12.4. The fraction of sp³-hybridized carbons (Fsp3) is 0.160. The van der Waals surface area contributed by atoms with Crippen molar-refractivity contribution in [3.8, 4) is 16.9 Å². The van der Waals surface area contributed by atoms with Crippen LogP contribution in [0.3, 0.4) is 0 Å². The molecule has 5 rings (SSSR count). The van der Waals surface area contributed by atoms with Gasteiger partial charge in [0.1, 0.15) is 11.3 Å². The Hall–Kier alpha value is -3.53. The molecule has 0 amide bonds. The SMILES string of the molecule is Cc1ccc(C)c(N2COc3ccc4c(-c5ccccc5)cc(=O)oc4c3C2)c1. The van der Waals surface area contributed by atoms with Gasteiger partial charge in [-0.25, -0.2) is 4.79 Å². The maximum Gasteiger partial charge on any atom is 0.336 e. The molecule has 1 aromatic heterocycles. The fourth-order valence-electron chi connectivity index (χ4n) is 4.00. The molecule has 4 aromatic rings. The average molecular weight is 383 g/mol. The Morgan fingerprint density at radius 1 is 0.931 bits per heavy atom. The van der Waals surface area contributed by atoms with Crippen LogP contribution < -0.4 is 15.3 Å². The standard InChI is InChI=1S/C25H21NO3/c1-16-8-9-17(2)22(12-16)26-14-21-23(28-15-26)11-10-19-20(13-24(27)29-25(19)21)18-6-4-3-5-7-18/h3-13H,14-15H2,1-2H3. The largest absolute Gasteiger partial charge is 0.473 e. The molecule has 4 heteroatoms. The van der Waals surface area contributed by atoms with Gasteiger partial charge < -0.3 is 14.1 Å². The van der Waals surface area contributed by atoms with E-state index in [0.717, 1.165) is 33.5 Å². The van der Waals surface area contributed by atoms with Gasteiger partial charge in [-0.3, -0.25) is 0 Å². The first-order valence-electron chi connectivity index (χ1n) is 9.70. The second kappa shape index (κ2) is 6.82. The Kier molecular flexibility index (Phi) is 4.13. The van der Waals surface area contributed by atoms with Crippen LogP contribution in [0.4, 0.5) is 5.69 Å². The molecule has 0 bridgehead atoms. The normalized spacial score (nSPS) is 13.2. The average Bonchev–Trinajstić information content (AvgIpc) is 2.75. The van der Waals surface area contributed by atoms with Crippen LogP contribution in [0.5, 0.6) is 5.75 Å². The lowest BCUT2D eigenvalue weighted by atomic mass is 9.99. The van der Waals surface area contributed by atoms with Crippen LogP contribution >= 0.6 is 0 Å². The third kappa shape index (κ3) is 3.07. The minimum atomic E-state index is -0.353. The van der Waals surface area contributed by atoms with Crippen molar-refractivity contribution in [3.05, 3.63) is 93.8 Å². The summed E-state index contributed by atoms with van der Waals surface area (Å²) in [6.07, 6.45) is 0. The number of benzene rings is 3. The van der Waals surface area contributed by atoms with Gasteiger partial charge in [-0.1, -0.05) is 42.5 Å². The Bertz CT molecular complexity index is 1270. The van der Waals surface area contributed by atoms with Gasteiger partial charge in [0, 0.05) is 17.1 Å². The highest BCUT2D eigenvalue weighted by Gasteiger charge is 2.24. The van der Waals surface area contributed by atoms with Crippen LogP contribution in [0.15, 0.2) is 75.9 Å². The summed E-state index contributed by atoms with van der Waals surface area (Å²) in [6.45, 7) is 5.27. The van der Waals surface area contributed by atoms with Crippen LogP contribution in [0, 0.1) is 13.8 Å². The number of anilines is 1. The molecular formula is C25H21NO3. The van der Waals surface area contributed by atoms with E-state index in [-0.39, 0.29) is 5.63 Å². The highest BCUT2D eigenvalue weighted by molar-refractivity contribution is 5.96. The molecule has 0 saturated carbocycles. The lowest BCUT2D eigenvalue weighted by Crippen LogP contribution is -2.32. The van der Waals surface area contributed by atoms with Gasteiger partial charge in [0.15, 0.2) is 6.73 Å². The third-order valence-corrected chi connectivity index (χ3v) is 5.49. The summed E-state index contributed by atoms with van der Waals surface area (Å²) in [5, 5.41) is 0.918. The maximum atomic E-state index is 12.4. The quantitative estimate of drug-likeness (QED) is 0.433. The first kappa shape index (κ1) is 17.6. The Morgan fingerprint density at radius 2 is 1.76 bits per heavy atom. The summed E-state index contributed by atoms with van der Waals surface area (Å²) in [4.78, 5) is 14.6. The number of ether oxygens (including phenoxy) is 1. The minimum Gasteiger partial charge on any atom is -0.473 e. The number of hydrogen-bond acceptors (Lipinski definition) is 4. The number of fused-ring (bicyclic) bond motifs is 3. The smallest absolute Gasteiger partial charge is 0.336 e. The van der Waals surface area contributed by atoms with Crippen molar-refractivity contribution < 1.29 is 9.15 Å². The van der Waals surface area contributed by atoms with E-state index in [1.54, 1.807) is 6.07 Å². The molecule has 1 aliphatic rings. The lowest BCUT2D eigenvalue weighted by Gasteiger charge is -2.32. The number of rotatable bonds is 2. The molecular weight excluding hydrogens is 362 g/mol. The zero-order chi connectivity index (χ0) is 20.0. The summed E-state index contributed by atoms with van der Waals surface area (Å²) >= 11 is 0. The van der Waals surface area contributed by atoms with E-state index in [1.807, 2.05) is 42.5 Å². The predicted molar refractivity (Wildman–Crippen MR) is 116 cm³/mol. The zero-order valence-corrected chi connectivity index (χ0v) is 16.4. The molecule has 1 aliphatic heterocycles. The van der Waals surface area contributed by atoms with E-state index >= 15 is 0 Å². The van der Waals surface area contributed by atoms with E-state index in [1.165, 1.54) is 11.1 Å². The molecule has 0 unspecified atom stereocenters. The van der Waals surface area contributed by atoms with Gasteiger partial charge in [-0.2, -0.15) is 0 Å².